The van der Waals surface area contributed by atoms with Crippen LogP contribution in [0.2, 0.25) is 0 Å². The van der Waals surface area contributed by atoms with E-state index in [2.05, 4.69) is 6.58 Å². The molecule has 0 aliphatic carbocycles. The number of ether oxygens (including phenoxy) is 1. The molecule has 0 saturated heterocycles. The van der Waals surface area contributed by atoms with Crippen molar-refractivity contribution in [2.45, 2.75) is 45.1 Å². The lowest BCUT2D eigenvalue weighted by atomic mass is 10.1. The second-order valence-electron chi connectivity index (χ2n) is 5.04. The predicted molar refractivity (Wildman–Crippen MR) is 75.6 cm³/mol. The SMILES string of the molecule is C=CCCCCCCOC[N+](CO)(CO)C(C)C(=O)O. The summed E-state index contributed by atoms with van der Waals surface area (Å²) in [7, 11) is 0. The van der Waals surface area contributed by atoms with Gasteiger partial charge in [0, 0.05) is 0 Å². The molecular weight excluding hydrogens is 262 g/mol. The fourth-order valence-corrected chi connectivity index (χ4v) is 1.81. The molecule has 0 aliphatic heterocycles. The topological polar surface area (TPSA) is 87.0 Å². The van der Waals surface area contributed by atoms with Gasteiger partial charge in [0.1, 0.15) is 0 Å². The van der Waals surface area contributed by atoms with Gasteiger partial charge in [-0.1, -0.05) is 18.9 Å². The van der Waals surface area contributed by atoms with E-state index in [0.29, 0.717) is 6.61 Å². The molecule has 0 saturated carbocycles. The van der Waals surface area contributed by atoms with E-state index in [1.54, 1.807) is 0 Å². The second kappa shape index (κ2) is 10.8. The highest BCUT2D eigenvalue weighted by Gasteiger charge is 2.38. The number of aliphatic hydroxyl groups is 2. The Morgan fingerprint density at radius 1 is 1.25 bits per heavy atom. The van der Waals surface area contributed by atoms with Gasteiger partial charge < -0.3 is 20.1 Å². The van der Waals surface area contributed by atoms with Crippen molar-refractivity contribution in [2.75, 3.05) is 26.8 Å². The van der Waals surface area contributed by atoms with Gasteiger partial charge >= 0.3 is 5.97 Å². The molecule has 6 nitrogen and oxygen atoms in total. The summed E-state index contributed by atoms with van der Waals surface area (Å²) < 4.78 is 5.03. The van der Waals surface area contributed by atoms with Gasteiger partial charge in [-0.15, -0.1) is 6.58 Å². The van der Waals surface area contributed by atoms with E-state index in [1.807, 2.05) is 6.08 Å². The molecule has 0 aromatic heterocycles. The summed E-state index contributed by atoms with van der Waals surface area (Å²) >= 11 is 0. The average molecular weight is 290 g/mol. The maximum absolute atomic E-state index is 11.0. The van der Waals surface area contributed by atoms with Crippen molar-refractivity contribution in [1.29, 1.82) is 0 Å². The fraction of sp³-hybridized carbons (Fsp3) is 0.786. The largest absolute Gasteiger partial charge is 0.477 e. The third-order valence-corrected chi connectivity index (χ3v) is 3.54. The van der Waals surface area contributed by atoms with Crippen molar-refractivity contribution in [3.8, 4) is 0 Å². The van der Waals surface area contributed by atoms with Crippen LogP contribution in [0.15, 0.2) is 12.7 Å². The van der Waals surface area contributed by atoms with Gasteiger partial charge in [0.25, 0.3) is 0 Å². The molecule has 0 aromatic carbocycles. The first kappa shape index (κ1) is 19.1. The van der Waals surface area contributed by atoms with E-state index in [0.717, 1.165) is 32.1 Å². The number of hydrogen-bond donors (Lipinski definition) is 3. The van der Waals surface area contributed by atoms with Gasteiger partial charge in [0.05, 0.1) is 6.61 Å². The number of carbonyl (C=O) groups is 1. The Labute approximate surface area is 120 Å². The zero-order valence-corrected chi connectivity index (χ0v) is 12.3. The summed E-state index contributed by atoms with van der Waals surface area (Å²) in [6, 6.07) is -0.919. The van der Waals surface area contributed by atoms with E-state index >= 15 is 0 Å². The van der Waals surface area contributed by atoms with Gasteiger partial charge in [0.15, 0.2) is 26.2 Å². The summed E-state index contributed by atoms with van der Waals surface area (Å²) in [5.74, 6) is -1.07. The third kappa shape index (κ3) is 6.47. The second-order valence-corrected chi connectivity index (χ2v) is 5.04. The normalized spacial score (nSPS) is 13.2. The lowest BCUT2D eigenvalue weighted by Crippen LogP contribution is -2.59. The summed E-state index contributed by atoms with van der Waals surface area (Å²) in [5.41, 5.74) is 0. The predicted octanol–water partition coefficient (Wildman–Crippen LogP) is 1.29. The summed E-state index contributed by atoms with van der Waals surface area (Å²) in [6.45, 7) is 4.67. The van der Waals surface area contributed by atoms with Gasteiger partial charge in [-0.3, -0.25) is 0 Å². The van der Waals surface area contributed by atoms with Crippen LogP contribution in [0, 0.1) is 0 Å². The maximum Gasteiger partial charge on any atom is 0.362 e. The van der Waals surface area contributed by atoms with Crippen molar-refractivity contribution < 1.29 is 29.3 Å². The Bertz CT molecular complexity index is 279. The summed E-state index contributed by atoms with van der Waals surface area (Å²) in [4.78, 5) is 11.0. The van der Waals surface area contributed by atoms with Crippen LogP contribution in [-0.4, -0.2) is 58.6 Å². The summed E-state index contributed by atoms with van der Waals surface area (Å²) in [6.07, 6.45) is 7.08. The minimum atomic E-state index is -1.07. The molecule has 1 unspecified atom stereocenters. The number of aliphatic carboxylic acids is 1. The number of hydrogen-bond acceptors (Lipinski definition) is 4. The van der Waals surface area contributed by atoms with Crippen molar-refractivity contribution in [1.82, 2.24) is 0 Å². The molecule has 0 fully saturated rings. The van der Waals surface area contributed by atoms with Crippen LogP contribution >= 0.6 is 0 Å². The number of quaternary nitrogens is 1. The molecule has 0 rings (SSSR count). The smallest absolute Gasteiger partial charge is 0.362 e. The molecular formula is C14H28NO5+. The molecule has 1 atom stereocenters. The first-order valence-electron chi connectivity index (χ1n) is 7.03. The maximum atomic E-state index is 11.0. The van der Waals surface area contributed by atoms with E-state index < -0.39 is 30.0 Å². The molecule has 6 heteroatoms. The van der Waals surface area contributed by atoms with E-state index in [1.165, 1.54) is 6.92 Å². The highest BCUT2D eigenvalue weighted by Crippen LogP contribution is 2.13. The van der Waals surface area contributed by atoms with Gasteiger partial charge in [-0.2, -0.15) is 0 Å². The van der Waals surface area contributed by atoms with Gasteiger partial charge in [-0.05, 0) is 26.2 Å². The van der Waals surface area contributed by atoms with Gasteiger partial charge in [-0.25, -0.2) is 9.28 Å². The Balaban J connectivity index is 3.98. The molecule has 0 aromatic rings. The Hall–Kier alpha value is -0.950. The number of carboxylic acid groups (broad SMARTS) is 1. The number of rotatable bonds is 13. The van der Waals surface area contributed by atoms with E-state index in [9.17, 15) is 15.0 Å². The Morgan fingerprint density at radius 3 is 2.35 bits per heavy atom. The first-order chi connectivity index (χ1) is 9.54. The van der Waals surface area contributed by atoms with E-state index in [4.69, 9.17) is 9.84 Å². The van der Waals surface area contributed by atoms with Gasteiger partial charge in [0.2, 0.25) is 0 Å². The molecule has 0 aliphatic rings. The fourth-order valence-electron chi connectivity index (χ4n) is 1.81. The van der Waals surface area contributed by atoms with Crippen LogP contribution in [0.1, 0.15) is 39.0 Å². The van der Waals surface area contributed by atoms with Crippen molar-refractivity contribution in [3.63, 3.8) is 0 Å². The summed E-state index contributed by atoms with van der Waals surface area (Å²) in [5, 5.41) is 27.7. The van der Waals surface area contributed by atoms with Crippen LogP contribution in [0.3, 0.4) is 0 Å². The minimum absolute atomic E-state index is 0.00682. The van der Waals surface area contributed by atoms with Crippen LogP contribution < -0.4 is 0 Å². The molecule has 0 heterocycles. The monoisotopic (exact) mass is 290 g/mol. The highest BCUT2D eigenvalue weighted by atomic mass is 16.5. The highest BCUT2D eigenvalue weighted by molar-refractivity contribution is 5.71. The molecule has 3 N–H and O–H groups in total. The quantitative estimate of drug-likeness (QED) is 0.206. The molecule has 118 valence electrons. The van der Waals surface area contributed by atoms with Crippen molar-refractivity contribution in [3.05, 3.63) is 12.7 Å². The molecule has 20 heavy (non-hydrogen) atoms. The van der Waals surface area contributed by atoms with Crippen LogP contribution in [-0.2, 0) is 9.53 Å². The molecule has 0 radical (unpaired) electrons. The first-order valence-corrected chi connectivity index (χ1v) is 7.03. The zero-order chi connectivity index (χ0) is 15.4. The standard InChI is InChI=1S/C14H27NO5/c1-3-4-5-6-7-8-9-20-12-15(10-16,11-17)13(2)14(18)19/h3,13,16-17H,1,4-12H2,2H3/p+1. The number of carboxylic acids is 1. The number of nitrogens with zero attached hydrogens (tertiary/aromatic N) is 1. The zero-order valence-electron chi connectivity index (χ0n) is 12.3. The Kier molecular flexibility index (Phi) is 10.3. The molecule has 0 amide bonds. The number of allylic oxidation sites excluding steroid dienone is 1. The minimum Gasteiger partial charge on any atom is -0.477 e. The van der Waals surface area contributed by atoms with Crippen LogP contribution in [0.5, 0.6) is 0 Å². The van der Waals surface area contributed by atoms with Crippen LogP contribution in [0.4, 0.5) is 0 Å². The van der Waals surface area contributed by atoms with E-state index in [-0.39, 0.29) is 6.73 Å². The molecule has 0 spiro atoms. The number of unbranched alkanes of at least 4 members (excludes halogenated alkanes) is 4. The van der Waals surface area contributed by atoms with Crippen LogP contribution in [0.25, 0.3) is 0 Å². The number of aliphatic hydroxyl groups excluding tert-OH is 2. The lowest BCUT2D eigenvalue weighted by molar-refractivity contribution is -0.989. The third-order valence-electron chi connectivity index (χ3n) is 3.54. The lowest BCUT2D eigenvalue weighted by Gasteiger charge is -2.36. The van der Waals surface area contributed by atoms with Crippen molar-refractivity contribution >= 4 is 5.97 Å². The average Bonchev–Trinajstić information content (AvgIpc) is 2.45. The Morgan fingerprint density at radius 2 is 1.85 bits per heavy atom. The molecule has 0 bridgehead atoms. The van der Waals surface area contributed by atoms with Crippen molar-refractivity contribution in [2.24, 2.45) is 0 Å².